The minimum atomic E-state index is -1.12. The first-order chi connectivity index (χ1) is 10.8. The molecule has 7 heteroatoms. The SMILES string of the molecule is C[C@H](CS)C(=O)NC(COCc1ccc(N(C)C)cc1)C(=O)O. The monoisotopic (exact) mass is 340 g/mol. The fourth-order valence-corrected chi connectivity index (χ4v) is 1.92. The Kier molecular flexibility index (Phi) is 7.91. The molecule has 0 aliphatic rings. The first-order valence-electron chi connectivity index (χ1n) is 7.33. The summed E-state index contributed by atoms with van der Waals surface area (Å²) in [6.07, 6.45) is 0. The van der Waals surface area contributed by atoms with Gasteiger partial charge in [-0.15, -0.1) is 0 Å². The van der Waals surface area contributed by atoms with E-state index in [1.54, 1.807) is 6.92 Å². The van der Waals surface area contributed by atoms with Crippen molar-refractivity contribution in [3.05, 3.63) is 29.8 Å². The Labute approximate surface area is 142 Å². The van der Waals surface area contributed by atoms with Crippen LogP contribution in [0.3, 0.4) is 0 Å². The molecule has 6 nitrogen and oxygen atoms in total. The Bertz CT molecular complexity index is 519. The maximum Gasteiger partial charge on any atom is 0.328 e. The zero-order valence-electron chi connectivity index (χ0n) is 13.7. The highest BCUT2D eigenvalue weighted by Gasteiger charge is 2.22. The summed E-state index contributed by atoms with van der Waals surface area (Å²) >= 11 is 4.03. The van der Waals surface area contributed by atoms with Crippen LogP contribution in [0.4, 0.5) is 5.69 Å². The number of hydrogen-bond acceptors (Lipinski definition) is 5. The molecule has 1 aromatic rings. The van der Waals surface area contributed by atoms with Crippen LogP contribution in [0.2, 0.25) is 0 Å². The van der Waals surface area contributed by atoms with Gasteiger partial charge in [-0.25, -0.2) is 4.79 Å². The van der Waals surface area contributed by atoms with E-state index in [9.17, 15) is 9.59 Å². The largest absolute Gasteiger partial charge is 0.480 e. The van der Waals surface area contributed by atoms with Crippen LogP contribution in [-0.4, -0.2) is 49.5 Å². The van der Waals surface area contributed by atoms with Gasteiger partial charge in [0.2, 0.25) is 5.91 Å². The second kappa shape index (κ2) is 9.42. The highest BCUT2D eigenvalue weighted by molar-refractivity contribution is 7.80. The van der Waals surface area contributed by atoms with Crippen molar-refractivity contribution in [3.8, 4) is 0 Å². The number of hydrogen-bond donors (Lipinski definition) is 3. The third-order valence-electron chi connectivity index (χ3n) is 3.34. The van der Waals surface area contributed by atoms with Gasteiger partial charge in [0.25, 0.3) is 0 Å². The summed E-state index contributed by atoms with van der Waals surface area (Å²) in [6.45, 7) is 1.89. The summed E-state index contributed by atoms with van der Waals surface area (Å²) in [5.41, 5.74) is 2.01. The lowest BCUT2D eigenvalue weighted by atomic mass is 10.2. The Hall–Kier alpha value is -1.73. The average Bonchev–Trinajstić information content (AvgIpc) is 2.53. The third-order valence-corrected chi connectivity index (χ3v) is 3.89. The standard InChI is InChI=1S/C16H24N2O4S/c1-11(10-23)15(19)17-14(16(20)21)9-22-8-12-4-6-13(7-5-12)18(2)3/h4-7,11,14,23H,8-10H2,1-3H3,(H,17,19)(H,20,21)/t11-,14?/m1/s1. The highest BCUT2D eigenvalue weighted by Crippen LogP contribution is 2.13. The van der Waals surface area contributed by atoms with Gasteiger partial charge in [0.1, 0.15) is 0 Å². The lowest BCUT2D eigenvalue weighted by molar-refractivity contribution is -0.144. The Balaban J connectivity index is 2.49. The highest BCUT2D eigenvalue weighted by atomic mass is 32.1. The molecule has 1 rings (SSSR count). The van der Waals surface area contributed by atoms with Crippen molar-refractivity contribution < 1.29 is 19.4 Å². The van der Waals surface area contributed by atoms with E-state index >= 15 is 0 Å². The molecule has 1 aromatic carbocycles. The minimum absolute atomic E-state index is 0.0875. The van der Waals surface area contributed by atoms with Gasteiger partial charge in [-0.2, -0.15) is 12.6 Å². The zero-order chi connectivity index (χ0) is 17.4. The molecule has 0 aliphatic heterocycles. The molecule has 23 heavy (non-hydrogen) atoms. The molecule has 1 amide bonds. The molecule has 0 fully saturated rings. The summed E-state index contributed by atoms with van der Waals surface area (Å²) in [4.78, 5) is 24.9. The number of amides is 1. The Morgan fingerprint density at radius 3 is 2.39 bits per heavy atom. The van der Waals surface area contributed by atoms with E-state index < -0.39 is 12.0 Å². The number of carboxylic acids is 1. The molecule has 1 unspecified atom stereocenters. The van der Waals surface area contributed by atoms with Crippen molar-refractivity contribution in [2.75, 3.05) is 31.4 Å². The number of anilines is 1. The summed E-state index contributed by atoms with van der Waals surface area (Å²) in [5.74, 6) is -1.45. The predicted molar refractivity (Wildman–Crippen MR) is 93.0 cm³/mol. The van der Waals surface area contributed by atoms with Crippen LogP contribution in [0.5, 0.6) is 0 Å². The molecule has 2 N–H and O–H groups in total. The first kappa shape index (κ1) is 19.3. The number of carbonyl (C=O) groups excluding carboxylic acids is 1. The average molecular weight is 340 g/mol. The van der Waals surface area contributed by atoms with E-state index in [0.29, 0.717) is 5.75 Å². The molecule has 128 valence electrons. The van der Waals surface area contributed by atoms with Gasteiger partial charge in [0.05, 0.1) is 13.2 Å². The summed E-state index contributed by atoms with van der Waals surface area (Å²) < 4.78 is 5.43. The predicted octanol–water partition coefficient (Wildman–Crippen LogP) is 1.40. The molecule has 0 saturated carbocycles. The molecule has 0 heterocycles. The van der Waals surface area contributed by atoms with Crippen molar-refractivity contribution in [3.63, 3.8) is 0 Å². The molecule has 0 aliphatic carbocycles. The summed E-state index contributed by atoms with van der Waals surface area (Å²) in [7, 11) is 3.91. The Morgan fingerprint density at radius 2 is 1.91 bits per heavy atom. The van der Waals surface area contributed by atoms with Crippen LogP contribution in [-0.2, 0) is 20.9 Å². The van der Waals surface area contributed by atoms with E-state index in [1.165, 1.54) is 0 Å². The van der Waals surface area contributed by atoms with Crippen molar-refractivity contribution in [1.82, 2.24) is 5.32 Å². The number of nitrogens with zero attached hydrogens (tertiary/aromatic N) is 1. The van der Waals surface area contributed by atoms with E-state index in [2.05, 4.69) is 17.9 Å². The van der Waals surface area contributed by atoms with E-state index in [4.69, 9.17) is 9.84 Å². The smallest absolute Gasteiger partial charge is 0.328 e. The zero-order valence-corrected chi connectivity index (χ0v) is 14.5. The number of benzene rings is 1. The minimum Gasteiger partial charge on any atom is -0.480 e. The van der Waals surface area contributed by atoms with Crippen LogP contribution in [0.15, 0.2) is 24.3 Å². The van der Waals surface area contributed by atoms with Crippen LogP contribution in [0.1, 0.15) is 12.5 Å². The van der Waals surface area contributed by atoms with Gasteiger partial charge in [-0.3, -0.25) is 4.79 Å². The Morgan fingerprint density at radius 1 is 1.30 bits per heavy atom. The normalized spacial score (nSPS) is 13.2. The van der Waals surface area contributed by atoms with Gasteiger partial charge >= 0.3 is 5.97 Å². The molecule has 0 aromatic heterocycles. The lowest BCUT2D eigenvalue weighted by Gasteiger charge is -2.17. The van der Waals surface area contributed by atoms with E-state index in [1.807, 2.05) is 43.3 Å². The second-order valence-corrected chi connectivity index (χ2v) is 5.92. The van der Waals surface area contributed by atoms with Gasteiger partial charge in [-0.1, -0.05) is 19.1 Å². The van der Waals surface area contributed by atoms with E-state index in [-0.39, 0.29) is 25.0 Å². The maximum absolute atomic E-state index is 11.7. The third kappa shape index (κ3) is 6.50. The molecular weight excluding hydrogens is 316 g/mol. The quantitative estimate of drug-likeness (QED) is 0.592. The summed E-state index contributed by atoms with van der Waals surface area (Å²) in [6, 6.07) is 6.71. The molecule has 0 radical (unpaired) electrons. The lowest BCUT2D eigenvalue weighted by Crippen LogP contribution is -2.46. The van der Waals surface area contributed by atoms with Crippen LogP contribution < -0.4 is 10.2 Å². The fourth-order valence-electron chi connectivity index (χ4n) is 1.76. The number of thiol groups is 1. The molecule has 0 bridgehead atoms. The number of aliphatic carboxylic acids is 1. The van der Waals surface area contributed by atoms with Gasteiger partial charge < -0.3 is 20.1 Å². The van der Waals surface area contributed by atoms with Gasteiger partial charge in [0.15, 0.2) is 6.04 Å². The fraction of sp³-hybridized carbons (Fsp3) is 0.500. The van der Waals surface area contributed by atoms with Crippen molar-refractivity contribution in [1.29, 1.82) is 0 Å². The number of ether oxygens (including phenoxy) is 1. The van der Waals surface area contributed by atoms with Crippen molar-refractivity contribution in [2.45, 2.75) is 19.6 Å². The maximum atomic E-state index is 11.7. The number of rotatable bonds is 9. The van der Waals surface area contributed by atoms with Crippen LogP contribution >= 0.6 is 12.6 Å². The number of carboxylic acid groups (broad SMARTS) is 1. The molecule has 0 saturated heterocycles. The number of nitrogens with one attached hydrogen (secondary N) is 1. The topological polar surface area (TPSA) is 78.9 Å². The second-order valence-electron chi connectivity index (χ2n) is 5.56. The van der Waals surface area contributed by atoms with Gasteiger partial charge in [0, 0.05) is 31.5 Å². The number of carbonyl (C=O) groups is 2. The molecule has 2 atom stereocenters. The van der Waals surface area contributed by atoms with Crippen LogP contribution in [0, 0.1) is 5.92 Å². The summed E-state index contributed by atoms with van der Waals surface area (Å²) in [5, 5.41) is 11.6. The van der Waals surface area contributed by atoms with Gasteiger partial charge in [-0.05, 0) is 17.7 Å². The van der Waals surface area contributed by atoms with Crippen molar-refractivity contribution in [2.24, 2.45) is 5.92 Å². The van der Waals surface area contributed by atoms with E-state index in [0.717, 1.165) is 11.3 Å². The van der Waals surface area contributed by atoms with Crippen LogP contribution in [0.25, 0.3) is 0 Å². The van der Waals surface area contributed by atoms with Crippen molar-refractivity contribution >= 4 is 30.2 Å². The molecular formula is C16H24N2O4S. The first-order valence-corrected chi connectivity index (χ1v) is 7.96. The molecule has 0 spiro atoms.